The molecule has 0 aliphatic heterocycles. The summed E-state index contributed by atoms with van der Waals surface area (Å²) in [6, 6.07) is 14.4. The van der Waals surface area contributed by atoms with E-state index in [1.807, 2.05) is 12.1 Å². The second-order valence-corrected chi connectivity index (χ2v) is 4.21. The van der Waals surface area contributed by atoms with Crippen LogP contribution in [-0.2, 0) is 4.79 Å². The minimum Gasteiger partial charge on any atom is -0.399 e. The summed E-state index contributed by atoms with van der Waals surface area (Å²) in [5.74, 6) is 2.31. The SMILES string of the molecule is C#Cc1cccc(NC(=O)/C=C/c2ccc(N)cc2)c1. The van der Waals surface area contributed by atoms with E-state index in [2.05, 4.69) is 11.2 Å². The highest BCUT2D eigenvalue weighted by Gasteiger charge is 1.98. The van der Waals surface area contributed by atoms with Gasteiger partial charge in [-0.1, -0.05) is 24.1 Å². The Kier molecular flexibility index (Phi) is 4.21. The summed E-state index contributed by atoms with van der Waals surface area (Å²) < 4.78 is 0. The number of benzene rings is 2. The molecule has 0 radical (unpaired) electrons. The number of hydrogen-bond donors (Lipinski definition) is 2. The second kappa shape index (κ2) is 6.26. The Hall–Kier alpha value is -2.99. The van der Waals surface area contributed by atoms with Gasteiger partial charge in [0.25, 0.3) is 0 Å². The molecule has 2 rings (SSSR count). The number of nitrogens with two attached hydrogens (primary N) is 1. The molecular weight excluding hydrogens is 248 g/mol. The van der Waals surface area contributed by atoms with Gasteiger partial charge in [0.1, 0.15) is 0 Å². The molecular formula is C17H14N2O. The smallest absolute Gasteiger partial charge is 0.248 e. The van der Waals surface area contributed by atoms with Gasteiger partial charge in [-0.25, -0.2) is 0 Å². The average molecular weight is 262 g/mol. The fourth-order valence-electron chi connectivity index (χ4n) is 1.65. The number of terminal acetylenes is 1. The van der Waals surface area contributed by atoms with Crippen molar-refractivity contribution in [3.8, 4) is 12.3 Å². The standard InChI is InChI=1S/C17H14N2O/c1-2-13-4-3-5-16(12-13)19-17(20)11-8-14-6-9-15(18)10-7-14/h1,3-12H,18H2,(H,19,20)/b11-8+. The summed E-state index contributed by atoms with van der Waals surface area (Å²) in [5, 5.41) is 2.75. The van der Waals surface area contributed by atoms with Gasteiger partial charge in [-0.05, 0) is 42.0 Å². The van der Waals surface area contributed by atoms with Crippen LogP contribution in [0.15, 0.2) is 54.6 Å². The molecule has 0 atom stereocenters. The molecule has 3 heteroatoms. The molecule has 1 amide bonds. The van der Waals surface area contributed by atoms with Crippen LogP contribution in [0.3, 0.4) is 0 Å². The van der Waals surface area contributed by atoms with Gasteiger partial charge in [0.05, 0.1) is 0 Å². The Morgan fingerprint density at radius 1 is 1.20 bits per heavy atom. The van der Waals surface area contributed by atoms with Crippen LogP contribution < -0.4 is 11.1 Å². The number of carbonyl (C=O) groups is 1. The molecule has 0 heterocycles. The van der Waals surface area contributed by atoms with E-state index in [0.717, 1.165) is 11.1 Å². The molecule has 0 spiro atoms. The minimum absolute atomic E-state index is 0.212. The topological polar surface area (TPSA) is 55.1 Å². The van der Waals surface area contributed by atoms with E-state index in [1.165, 1.54) is 6.08 Å². The first kappa shape index (κ1) is 13.4. The van der Waals surface area contributed by atoms with E-state index >= 15 is 0 Å². The Morgan fingerprint density at radius 2 is 1.95 bits per heavy atom. The zero-order valence-electron chi connectivity index (χ0n) is 10.8. The fraction of sp³-hybridized carbons (Fsp3) is 0. The number of hydrogen-bond acceptors (Lipinski definition) is 2. The zero-order chi connectivity index (χ0) is 14.4. The van der Waals surface area contributed by atoms with E-state index in [1.54, 1.807) is 42.5 Å². The number of rotatable bonds is 3. The van der Waals surface area contributed by atoms with Crippen molar-refractivity contribution in [2.75, 3.05) is 11.1 Å². The van der Waals surface area contributed by atoms with Gasteiger partial charge in [0.15, 0.2) is 0 Å². The fourth-order valence-corrected chi connectivity index (χ4v) is 1.65. The molecule has 0 unspecified atom stereocenters. The van der Waals surface area contributed by atoms with Crippen molar-refractivity contribution in [2.45, 2.75) is 0 Å². The quantitative estimate of drug-likeness (QED) is 0.507. The lowest BCUT2D eigenvalue weighted by Crippen LogP contribution is -2.07. The third-order valence-corrected chi connectivity index (χ3v) is 2.66. The summed E-state index contributed by atoms with van der Waals surface area (Å²) in [5.41, 5.74) is 8.59. The maximum absolute atomic E-state index is 11.8. The molecule has 2 aromatic carbocycles. The van der Waals surface area contributed by atoms with Crippen molar-refractivity contribution in [3.05, 3.63) is 65.7 Å². The van der Waals surface area contributed by atoms with Crippen molar-refractivity contribution in [3.63, 3.8) is 0 Å². The Morgan fingerprint density at radius 3 is 2.65 bits per heavy atom. The Balaban J connectivity index is 2.02. The highest BCUT2D eigenvalue weighted by molar-refractivity contribution is 6.02. The number of amides is 1. The molecule has 0 aliphatic carbocycles. The van der Waals surface area contributed by atoms with Crippen LogP contribution >= 0.6 is 0 Å². The maximum atomic E-state index is 11.8. The van der Waals surface area contributed by atoms with Crippen LogP contribution in [0.4, 0.5) is 11.4 Å². The van der Waals surface area contributed by atoms with Crippen LogP contribution in [0, 0.1) is 12.3 Å². The zero-order valence-corrected chi connectivity index (χ0v) is 10.8. The van der Waals surface area contributed by atoms with Crippen molar-refractivity contribution in [2.24, 2.45) is 0 Å². The normalized spacial score (nSPS) is 10.2. The third-order valence-electron chi connectivity index (χ3n) is 2.66. The van der Waals surface area contributed by atoms with Crippen molar-refractivity contribution < 1.29 is 4.79 Å². The van der Waals surface area contributed by atoms with E-state index in [0.29, 0.717) is 11.4 Å². The lowest BCUT2D eigenvalue weighted by Gasteiger charge is -2.02. The number of anilines is 2. The van der Waals surface area contributed by atoms with Gasteiger partial charge in [-0.3, -0.25) is 4.79 Å². The molecule has 0 saturated heterocycles. The van der Waals surface area contributed by atoms with Crippen molar-refractivity contribution in [1.29, 1.82) is 0 Å². The first-order valence-corrected chi connectivity index (χ1v) is 6.08. The largest absolute Gasteiger partial charge is 0.399 e. The molecule has 2 aromatic rings. The molecule has 0 bridgehead atoms. The maximum Gasteiger partial charge on any atom is 0.248 e. The van der Waals surface area contributed by atoms with Gasteiger partial charge < -0.3 is 11.1 Å². The molecule has 0 fully saturated rings. The summed E-state index contributed by atoms with van der Waals surface area (Å²) in [7, 11) is 0. The molecule has 0 aliphatic rings. The van der Waals surface area contributed by atoms with Crippen LogP contribution in [0.2, 0.25) is 0 Å². The van der Waals surface area contributed by atoms with Gasteiger partial charge in [0, 0.05) is 23.0 Å². The van der Waals surface area contributed by atoms with Gasteiger partial charge in [-0.2, -0.15) is 0 Å². The first-order chi connectivity index (χ1) is 9.67. The van der Waals surface area contributed by atoms with Crippen LogP contribution in [0.1, 0.15) is 11.1 Å². The van der Waals surface area contributed by atoms with Crippen LogP contribution in [0.25, 0.3) is 6.08 Å². The number of nitrogens with one attached hydrogen (secondary N) is 1. The van der Waals surface area contributed by atoms with Gasteiger partial charge >= 0.3 is 0 Å². The predicted octanol–water partition coefficient (Wildman–Crippen LogP) is 2.90. The predicted molar refractivity (Wildman–Crippen MR) is 82.9 cm³/mol. The Labute approximate surface area is 118 Å². The molecule has 20 heavy (non-hydrogen) atoms. The summed E-state index contributed by atoms with van der Waals surface area (Å²) in [6.07, 6.45) is 8.50. The second-order valence-electron chi connectivity index (χ2n) is 4.21. The minimum atomic E-state index is -0.212. The van der Waals surface area contributed by atoms with Crippen molar-refractivity contribution in [1.82, 2.24) is 0 Å². The average Bonchev–Trinajstić information content (AvgIpc) is 2.47. The molecule has 98 valence electrons. The molecule has 3 N–H and O–H groups in total. The van der Waals surface area contributed by atoms with Crippen molar-refractivity contribution >= 4 is 23.4 Å². The van der Waals surface area contributed by atoms with Crippen LogP contribution in [-0.4, -0.2) is 5.91 Å². The molecule has 3 nitrogen and oxygen atoms in total. The third kappa shape index (κ3) is 3.76. The first-order valence-electron chi connectivity index (χ1n) is 6.08. The van der Waals surface area contributed by atoms with Crippen LogP contribution in [0.5, 0.6) is 0 Å². The van der Waals surface area contributed by atoms with E-state index in [9.17, 15) is 4.79 Å². The summed E-state index contributed by atoms with van der Waals surface area (Å²) in [6.45, 7) is 0. The van der Waals surface area contributed by atoms with E-state index < -0.39 is 0 Å². The highest BCUT2D eigenvalue weighted by atomic mass is 16.1. The number of carbonyl (C=O) groups excluding carboxylic acids is 1. The monoisotopic (exact) mass is 262 g/mol. The molecule has 0 aromatic heterocycles. The number of nitrogen functional groups attached to an aromatic ring is 1. The lowest BCUT2D eigenvalue weighted by atomic mass is 10.2. The Bertz CT molecular complexity index is 679. The van der Waals surface area contributed by atoms with E-state index in [-0.39, 0.29) is 5.91 Å². The van der Waals surface area contributed by atoms with Gasteiger partial charge in [-0.15, -0.1) is 6.42 Å². The lowest BCUT2D eigenvalue weighted by molar-refractivity contribution is -0.111. The summed E-state index contributed by atoms with van der Waals surface area (Å²) >= 11 is 0. The van der Waals surface area contributed by atoms with E-state index in [4.69, 9.17) is 12.2 Å². The highest BCUT2D eigenvalue weighted by Crippen LogP contribution is 2.10. The molecule has 0 saturated carbocycles. The summed E-state index contributed by atoms with van der Waals surface area (Å²) in [4.78, 5) is 11.8. The van der Waals surface area contributed by atoms with Gasteiger partial charge in [0.2, 0.25) is 5.91 Å².